The van der Waals surface area contributed by atoms with Gasteiger partial charge in [-0.15, -0.1) is 0 Å². The van der Waals surface area contributed by atoms with Crippen molar-refractivity contribution in [1.29, 1.82) is 0 Å². The van der Waals surface area contributed by atoms with E-state index in [1.807, 2.05) is 25.9 Å². The zero-order valence-corrected chi connectivity index (χ0v) is 19.7. The number of carbonyl (C=O) groups is 2. The first-order valence-electron chi connectivity index (χ1n) is 11.5. The first kappa shape index (κ1) is 24.5. The maximum Gasteiger partial charge on any atom is 0.309 e. The van der Waals surface area contributed by atoms with Crippen LogP contribution < -0.4 is 20.4 Å². The molecule has 1 atom stereocenters. The standard InChI is InChI=1S/C25H34FN5O2/c1-4-13-27-24(32)25(33)28-18-23(19-5-9-21(10-6-19)29(2)3)31-16-14-30(15-17-31)22-11-7-20(26)8-12-22/h5-12,23H,4,13-18H2,1-3H3,(H,27,32)(H,28,33). The highest BCUT2D eigenvalue weighted by atomic mass is 19.1. The number of nitrogens with zero attached hydrogens (tertiary/aromatic N) is 3. The maximum atomic E-state index is 13.3. The third-order valence-electron chi connectivity index (χ3n) is 5.94. The van der Waals surface area contributed by atoms with E-state index in [1.54, 1.807) is 12.1 Å². The first-order valence-corrected chi connectivity index (χ1v) is 11.5. The van der Waals surface area contributed by atoms with Crippen LogP contribution in [0.3, 0.4) is 0 Å². The summed E-state index contributed by atoms with van der Waals surface area (Å²) in [6.45, 7) is 5.93. The molecule has 1 saturated heterocycles. The summed E-state index contributed by atoms with van der Waals surface area (Å²) >= 11 is 0. The van der Waals surface area contributed by atoms with Gasteiger partial charge in [0.1, 0.15) is 5.82 Å². The lowest BCUT2D eigenvalue weighted by Crippen LogP contribution is -2.50. The smallest absolute Gasteiger partial charge is 0.309 e. The van der Waals surface area contributed by atoms with Crippen molar-refractivity contribution in [2.75, 3.05) is 63.2 Å². The molecule has 3 rings (SSSR count). The number of halogens is 1. The first-order chi connectivity index (χ1) is 15.9. The van der Waals surface area contributed by atoms with Gasteiger partial charge >= 0.3 is 11.8 Å². The lowest BCUT2D eigenvalue weighted by atomic mass is 10.0. The van der Waals surface area contributed by atoms with Gasteiger partial charge in [0.05, 0.1) is 6.04 Å². The summed E-state index contributed by atoms with van der Waals surface area (Å²) in [5.74, 6) is -1.44. The molecule has 0 spiro atoms. The molecule has 1 fully saturated rings. The van der Waals surface area contributed by atoms with E-state index < -0.39 is 11.8 Å². The zero-order chi connectivity index (χ0) is 23.8. The minimum atomic E-state index is -0.608. The van der Waals surface area contributed by atoms with Gasteiger partial charge in [0.25, 0.3) is 0 Å². The number of carbonyl (C=O) groups excluding carboxylic acids is 2. The number of rotatable bonds is 8. The van der Waals surface area contributed by atoms with Crippen molar-refractivity contribution in [2.24, 2.45) is 0 Å². The lowest BCUT2D eigenvalue weighted by molar-refractivity contribution is -0.139. The summed E-state index contributed by atoms with van der Waals surface area (Å²) in [5, 5.41) is 5.43. The topological polar surface area (TPSA) is 67.9 Å². The summed E-state index contributed by atoms with van der Waals surface area (Å²) in [6, 6.07) is 14.8. The number of hydrogen-bond donors (Lipinski definition) is 2. The van der Waals surface area contributed by atoms with Gasteiger partial charge in [-0.25, -0.2) is 4.39 Å². The third kappa shape index (κ3) is 6.68. The predicted octanol–water partition coefficient (Wildman–Crippen LogP) is 2.40. The number of piperazine rings is 1. The quantitative estimate of drug-likeness (QED) is 0.599. The fourth-order valence-electron chi connectivity index (χ4n) is 3.98. The van der Waals surface area contributed by atoms with Gasteiger partial charge in [-0.05, 0) is 48.4 Å². The number of anilines is 2. The molecule has 0 aromatic heterocycles. The molecule has 2 aromatic rings. The van der Waals surface area contributed by atoms with Crippen molar-refractivity contribution < 1.29 is 14.0 Å². The molecule has 0 aliphatic carbocycles. The van der Waals surface area contributed by atoms with Crippen LogP contribution in [0.1, 0.15) is 24.9 Å². The molecule has 0 saturated carbocycles. The molecule has 33 heavy (non-hydrogen) atoms. The van der Waals surface area contributed by atoms with E-state index in [0.29, 0.717) is 13.1 Å². The molecule has 2 amide bonds. The van der Waals surface area contributed by atoms with Crippen LogP contribution in [0.4, 0.5) is 15.8 Å². The Labute approximate surface area is 195 Å². The highest BCUT2D eigenvalue weighted by Gasteiger charge is 2.26. The van der Waals surface area contributed by atoms with Crippen molar-refractivity contribution >= 4 is 23.2 Å². The SMILES string of the molecule is CCCNC(=O)C(=O)NCC(c1ccc(N(C)C)cc1)N1CCN(c2ccc(F)cc2)CC1. The van der Waals surface area contributed by atoms with Crippen molar-refractivity contribution in [3.05, 3.63) is 59.9 Å². The fourth-order valence-corrected chi connectivity index (χ4v) is 3.98. The van der Waals surface area contributed by atoms with Gasteiger partial charge in [-0.3, -0.25) is 14.5 Å². The highest BCUT2D eigenvalue weighted by molar-refractivity contribution is 6.35. The number of amides is 2. The van der Waals surface area contributed by atoms with Crippen molar-refractivity contribution in [1.82, 2.24) is 15.5 Å². The van der Waals surface area contributed by atoms with Gasteiger partial charge in [-0.2, -0.15) is 0 Å². The van der Waals surface area contributed by atoms with E-state index in [-0.39, 0.29) is 11.9 Å². The third-order valence-corrected chi connectivity index (χ3v) is 5.94. The molecule has 2 N–H and O–H groups in total. The summed E-state index contributed by atoms with van der Waals surface area (Å²) in [6.07, 6.45) is 0.776. The Morgan fingerprint density at radius 1 is 0.939 bits per heavy atom. The molecule has 8 heteroatoms. The van der Waals surface area contributed by atoms with Crippen LogP contribution in [0.5, 0.6) is 0 Å². The normalized spacial score (nSPS) is 15.1. The van der Waals surface area contributed by atoms with Crippen LogP contribution in [0, 0.1) is 5.82 Å². The summed E-state index contributed by atoms with van der Waals surface area (Å²) in [5.41, 5.74) is 3.19. The second kappa shape index (κ2) is 11.7. The summed E-state index contributed by atoms with van der Waals surface area (Å²) < 4.78 is 13.3. The fraction of sp³-hybridized carbons (Fsp3) is 0.440. The van der Waals surface area contributed by atoms with Gasteiger partial charge in [0.2, 0.25) is 0 Å². The van der Waals surface area contributed by atoms with Crippen LogP contribution in [-0.4, -0.2) is 70.1 Å². The summed E-state index contributed by atoms with van der Waals surface area (Å²) in [7, 11) is 3.99. The van der Waals surface area contributed by atoms with Crippen molar-refractivity contribution in [3.8, 4) is 0 Å². The van der Waals surface area contributed by atoms with Crippen LogP contribution in [-0.2, 0) is 9.59 Å². The molecule has 1 unspecified atom stereocenters. The Morgan fingerprint density at radius 2 is 1.55 bits per heavy atom. The molecule has 1 aliphatic rings. The van der Waals surface area contributed by atoms with E-state index in [2.05, 4.69) is 44.7 Å². The van der Waals surface area contributed by atoms with E-state index in [4.69, 9.17) is 0 Å². The van der Waals surface area contributed by atoms with Crippen molar-refractivity contribution in [2.45, 2.75) is 19.4 Å². The van der Waals surface area contributed by atoms with Gasteiger partial charge in [0, 0.05) is 64.7 Å². The van der Waals surface area contributed by atoms with Crippen LogP contribution in [0.2, 0.25) is 0 Å². The molecule has 7 nitrogen and oxygen atoms in total. The Kier molecular flexibility index (Phi) is 8.65. The Bertz CT molecular complexity index is 909. The van der Waals surface area contributed by atoms with E-state index in [0.717, 1.165) is 49.5 Å². The molecule has 1 heterocycles. The molecule has 1 aliphatic heterocycles. The molecule has 2 aromatic carbocycles. The van der Waals surface area contributed by atoms with E-state index in [1.165, 1.54) is 12.1 Å². The Morgan fingerprint density at radius 3 is 2.12 bits per heavy atom. The molecule has 0 bridgehead atoms. The Balaban J connectivity index is 1.69. The number of hydrogen-bond acceptors (Lipinski definition) is 5. The predicted molar refractivity (Wildman–Crippen MR) is 130 cm³/mol. The monoisotopic (exact) mass is 455 g/mol. The van der Waals surface area contributed by atoms with Gasteiger partial charge in [-0.1, -0.05) is 19.1 Å². The minimum absolute atomic E-state index is 0.0560. The number of nitrogens with one attached hydrogen (secondary N) is 2. The second-order valence-corrected chi connectivity index (χ2v) is 8.47. The second-order valence-electron chi connectivity index (χ2n) is 8.47. The van der Waals surface area contributed by atoms with Crippen molar-refractivity contribution in [3.63, 3.8) is 0 Å². The van der Waals surface area contributed by atoms with Gasteiger partial charge < -0.3 is 20.4 Å². The van der Waals surface area contributed by atoms with Crippen LogP contribution in [0.15, 0.2) is 48.5 Å². The maximum absolute atomic E-state index is 13.3. The highest BCUT2D eigenvalue weighted by Crippen LogP contribution is 2.26. The number of benzene rings is 2. The van der Waals surface area contributed by atoms with E-state index >= 15 is 0 Å². The minimum Gasteiger partial charge on any atom is -0.378 e. The molecular formula is C25H34FN5O2. The molecule has 178 valence electrons. The van der Waals surface area contributed by atoms with Crippen LogP contribution in [0.25, 0.3) is 0 Å². The van der Waals surface area contributed by atoms with E-state index in [9.17, 15) is 14.0 Å². The van der Waals surface area contributed by atoms with Crippen LogP contribution >= 0.6 is 0 Å². The van der Waals surface area contributed by atoms with Gasteiger partial charge in [0.15, 0.2) is 0 Å². The average Bonchev–Trinajstić information content (AvgIpc) is 2.83. The Hall–Kier alpha value is -3.13. The molecule has 0 radical (unpaired) electrons. The molecular weight excluding hydrogens is 421 g/mol. The largest absolute Gasteiger partial charge is 0.378 e. The average molecular weight is 456 g/mol. The zero-order valence-electron chi connectivity index (χ0n) is 19.7. The summed E-state index contributed by atoms with van der Waals surface area (Å²) in [4.78, 5) is 30.9. The lowest BCUT2D eigenvalue weighted by Gasteiger charge is -2.40.